The van der Waals surface area contributed by atoms with E-state index >= 15 is 0 Å². The Labute approximate surface area is 93.3 Å². The first-order chi connectivity index (χ1) is 6.54. The van der Waals surface area contributed by atoms with E-state index in [0.29, 0.717) is 12.0 Å². The van der Waals surface area contributed by atoms with Crippen molar-refractivity contribution in [3.63, 3.8) is 0 Å². The first-order valence-corrected chi connectivity index (χ1v) is 5.10. The van der Waals surface area contributed by atoms with Crippen LogP contribution >= 0.6 is 23.2 Å². The largest absolute Gasteiger partial charge is 0.341 e. The summed E-state index contributed by atoms with van der Waals surface area (Å²) in [5.41, 5.74) is 0. The quantitative estimate of drug-likeness (QED) is 0.806. The van der Waals surface area contributed by atoms with Crippen LogP contribution in [-0.4, -0.2) is 28.0 Å². The van der Waals surface area contributed by atoms with Crippen LogP contribution in [0.3, 0.4) is 0 Å². The highest BCUT2D eigenvalue weighted by molar-refractivity contribution is 6.31. The molecule has 1 heterocycles. The lowest BCUT2D eigenvalue weighted by atomic mass is 10.2. The van der Waals surface area contributed by atoms with Gasteiger partial charge < -0.3 is 4.90 Å². The van der Waals surface area contributed by atoms with Gasteiger partial charge in [0.05, 0.1) is 0 Å². The normalized spacial score (nSPS) is 12.6. The van der Waals surface area contributed by atoms with E-state index in [1.807, 2.05) is 11.9 Å². The van der Waals surface area contributed by atoms with Crippen LogP contribution in [0.1, 0.15) is 20.3 Å². The predicted octanol–water partition coefficient (Wildman–Crippen LogP) is 2.41. The molecule has 0 saturated heterocycles. The maximum atomic E-state index is 5.67. The van der Waals surface area contributed by atoms with E-state index in [1.54, 1.807) is 0 Å². The van der Waals surface area contributed by atoms with Crippen molar-refractivity contribution >= 4 is 29.2 Å². The molecule has 14 heavy (non-hydrogen) atoms. The molecule has 78 valence electrons. The van der Waals surface area contributed by atoms with Gasteiger partial charge in [-0.15, -0.1) is 0 Å². The van der Waals surface area contributed by atoms with Gasteiger partial charge in [-0.1, -0.05) is 6.92 Å². The average molecular weight is 235 g/mol. The predicted molar refractivity (Wildman–Crippen MR) is 58.0 cm³/mol. The van der Waals surface area contributed by atoms with Crippen LogP contribution in [-0.2, 0) is 0 Å². The number of hydrogen-bond donors (Lipinski definition) is 0. The Balaban J connectivity index is 2.94. The lowest BCUT2D eigenvalue weighted by Gasteiger charge is -2.23. The third kappa shape index (κ3) is 2.69. The van der Waals surface area contributed by atoms with Gasteiger partial charge in [-0.25, -0.2) is 0 Å². The Bertz CT molecular complexity index is 298. The lowest BCUT2D eigenvalue weighted by Crippen LogP contribution is -2.29. The molecule has 0 saturated carbocycles. The molecule has 0 aromatic carbocycles. The first-order valence-electron chi connectivity index (χ1n) is 4.34. The number of halogens is 2. The number of anilines is 1. The Hall–Kier alpha value is -0.610. The first kappa shape index (κ1) is 11.5. The fraction of sp³-hybridized carbons (Fsp3) is 0.625. The summed E-state index contributed by atoms with van der Waals surface area (Å²) in [6.07, 6.45) is 0.997. The minimum Gasteiger partial charge on any atom is -0.341 e. The maximum absolute atomic E-state index is 5.67. The summed E-state index contributed by atoms with van der Waals surface area (Å²) in [6, 6.07) is 0.338. The third-order valence-electron chi connectivity index (χ3n) is 2.14. The van der Waals surface area contributed by atoms with Crippen molar-refractivity contribution < 1.29 is 0 Å². The van der Waals surface area contributed by atoms with Crippen LogP contribution < -0.4 is 4.90 Å². The number of hydrogen-bond acceptors (Lipinski definition) is 4. The molecule has 0 aliphatic rings. The van der Waals surface area contributed by atoms with E-state index in [2.05, 4.69) is 28.8 Å². The zero-order valence-corrected chi connectivity index (χ0v) is 9.84. The average Bonchev–Trinajstić information content (AvgIpc) is 2.14. The highest BCUT2D eigenvalue weighted by Crippen LogP contribution is 2.15. The Morgan fingerprint density at radius 3 is 2.14 bits per heavy atom. The van der Waals surface area contributed by atoms with Crippen LogP contribution in [0, 0.1) is 0 Å². The topological polar surface area (TPSA) is 41.9 Å². The molecule has 0 fully saturated rings. The SMILES string of the molecule is CCC(C)N(C)c1nc(Cl)nc(Cl)n1. The molecule has 6 heteroatoms. The Morgan fingerprint density at radius 1 is 1.21 bits per heavy atom. The van der Waals surface area contributed by atoms with Crippen LogP contribution in [0.2, 0.25) is 10.6 Å². The van der Waals surface area contributed by atoms with Gasteiger partial charge in [-0.2, -0.15) is 15.0 Å². The number of aromatic nitrogens is 3. The van der Waals surface area contributed by atoms with E-state index in [-0.39, 0.29) is 10.6 Å². The van der Waals surface area contributed by atoms with Crippen LogP contribution in [0.4, 0.5) is 5.95 Å². The molecule has 0 aliphatic carbocycles. The molecule has 0 bridgehead atoms. The fourth-order valence-corrected chi connectivity index (χ4v) is 1.30. The summed E-state index contributed by atoms with van der Waals surface area (Å²) in [7, 11) is 1.90. The van der Waals surface area contributed by atoms with Crippen molar-refractivity contribution in [2.45, 2.75) is 26.3 Å². The van der Waals surface area contributed by atoms with Crippen LogP contribution in [0.5, 0.6) is 0 Å². The van der Waals surface area contributed by atoms with Gasteiger partial charge in [0.2, 0.25) is 16.5 Å². The monoisotopic (exact) mass is 234 g/mol. The minimum absolute atomic E-state index is 0.121. The highest BCUT2D eigenvalue weighted by atomic mass is 35.5. The van der Waals surface area contributed by atoms with Crippen molar-refractivity contribution in [2.75, 3.05) is 11.9 Å². The molecule has 1 aromatic rings. The van der Waals surface area contributed by atoms with E-state index in [0.717, 1.165) is 6.42 Å². The fourth-order valence-electron chi connectivity index (χ4n) is 0.945. The Morgan fingerprint density at radius 2 is 1.71 bits per heavy atom. The van der Waals surface area contributed by atoms with Gasteiger partial charge in [0.1, 0.15) is 0 Å². The zero-order chi connectivity index (χ0) is 10.7. The molecular weight excluding hydrogens is 223 g/mol. The summed E-state index contributed by atoms with van der Waals surface area (Å²) in [4.78, 5) is 13.6. The molecule has 0 spiro atoms. The van der Waals surface area contributed by atoms with E-state index in [1.165, 1.54) is 0 Å². The van der Waals surface area contributed by atoms with Crippen LogP contribution in [0.15, 0.2) is 0 Å². The maximum Gasteiger partial charge on any atom is 0.230 e. The summed E-state index contributed by atoms with van der Waals surface area (Å²) < 4.78 is 0. The third-order valence-corrected chi connectivity index (χ3v) is 2.47. The second kappa shape index (κ2) is 4.75. The van der Waals surface area contributed by atoms with Gasteiger partial charge in [-0.05, 0) is 36.5 Å². The van der Waals surface area contributed by atoms with Crippen molar-refractivity contribution in [2.24, 2.45) is 0 Å². The summed E-state index contributed by atoms with van der Waals surface area (Å²) in [5.74, 6) is 0.504. The molecule has 0 amide bonds. The molecule has 0 aliphatic heterocycles. The van der Waals surface area contributed by atoms with Crippen molar-refractivity contribution in [1.29, 1.82) is 0 Å². The minimum atomic E-state index is 0.121. The molecule has 0 N–H and O–H groups in total. The Kier molecular flexibility index (Phi) is 3.89. The lowest BCUT2D eigenvalue weighted by molar-refractivity contribution is 0.646. The van der Waals surface area contributed by atoms with Crippen molar-refractivity contribution in [1.82, 2.24) is 15.0 Å². The van der Waals surface area contributed by atoms with Crippen LogP contribution in [0.25, 0.3) is 0 Å². The molecule has 0 radical (unpaired) electrons. The van der Waals surface area contributed by atoms with E-state index in [4.69, 9.17) is 23.2 Å². The van der Waals surface area contributed by atoms with E-state index < -0.39 is 0 Å². The second-order valence-corrected chi connectivity index (χ2v) is 3.72. The molecule has 1 atom stereocenters. The summed E-state index contributed by atoms with van der Waals surface area (Å²) in [5, 5.41) is 0.241. The highest BCUT2D eigenvalue weighted by Gasteiger charge is 2.12. The number of nitrogens with zero attached hydrogens (tertiary/aromatic N) is 4. The molecule has 4 nitrogen and oxygen atoms in total. The number of rotatable bonds is 3. The standard InChI is InChI=1S/C8H12Cl2N4/c1-4-5(2)14(3)8-12-6(9)11-7(10)13-8/h5H,4H2,1-3H3. The smallest absolute Gasteiger partial charge is 0.230 e. The van der Waals surface area contributed by atoms with Gasteiger partial charge in [0.15, 0.2) is 0 Å². The molecule has 1 rings (SSSR count). The zero-order valence-electron chi connectivity index (χ0n) is 8.33. The molecular formula is C8H12Cl2N4. The van der Waals surface area contributed by atoms with Crippen molar-refractivity contribution in [3.8, 4) is 0 Å². The molecule has 1 aromatic heterocycles. The summed E-state index contributed by atoms with van der Waals surface area (Å²) in [6.45, 7) is 4.16. The van der Waals surface area contributed by atoms with Gasteiger partial charge in [-0.3, -0.25) is 0 Å². The van der Waals surface area contributed by atoms with Gasteiger partial charge in [0, 0.05) is 13.1 Å². The second-order valence-electron chi connectivity index (χ2n) is 3.04. The molecule has 1 unspecified atom stereocenters. The van der Waals surface area contributed by atoms with Crippen molar-refractivity contribution in [3.05, 3.63) is 10.6 Å². The summed E-state index contributed by atoms with van der Waals surface area (Å²) >= 11 is 11.3. The van der Waals surface area contributed by atoms with Gasteiger partial charge >= 0.3 is 0 Å². The van der Waals surface area contributed by atoms with Gasteiger partial charge in [0.25, 0.3) is 0 Å². The van der Waals surface area contributed by atoms with E-state index in [9.17, 15) is 0 Å².